The summed E-state index contributed by atoms with van der Waals surface area (Å²) in [7, 11) is 3.29. The summed E-state index contributed by atoms with van der Waals surface area (Å²) in [6.45, 7) is 1.51. The third-order valence-corrected chi connectivity index (χ3v) is 3.19. The van der Waals surface area contributed by atoms with Crippen LogP contribution in [0.5, 0.6) is 11.5 Å². The predicted octanol–water partition coefficient (Wildman–Crippen LogP) is 1.87. The van der Waals surface area contributed by atoms with Crippen molar-refractivity contribution in [1.82, 2.24) is 9.55 Å². The maximum absolute atomic E-state index is 5.33. The van der Waals surface area contributed by atoms with Crippen LogP contribution in [0.4, 0.5) is 5.69 Å². The van der Waals surface area contributed by atoms with Gasteiger partial charge < -0.3 is 19.4 Å². The summed E-state index contributed by atoms with van der Waals surface area (Å²) in [6, 6.07) is 3.98. The van der Waals surface area contributed by atoms with E-state index in [1.54, 1.807) is 14.2 Å². The van der Waals surface area contributed by atoms with E-state index in [-0.39, 0.29) is 0 Å². The van der Waals surface area contributed by atoms with Crippen molar-refractivity contribution in [3.8, 4) is 11.5 Å². The molecular formula is C13H15N3O2. The number of imidazole rings is 1. The molecule has 1 aromatic carbocycles. The summed E-state index contributed by atoms with van der Waals surface area (Å²) in [5.74, 6) is 2.52. The smallest absolute Gasteiger partial charge is 0.162 e. The zero-order valence-electron chi connectivity index (χ0n) is 10.4. The Morgan fingerprint density at radius 3 is 2.78 bits per heavy atom. The molecule has 5 heteroatoms. The Bertz CT molecular complexity index is 578. The number of hydrogen-bond donors (Lipinski definition) is 1. The lowest BCUT2D eigenvalue weighted by Gasteiger charge is -2.13. The molecule has 18 heavy (non-hydrogen) atoms. The second kappa shape index (κ2) is 4.25. The zero-order valence-corrected chi connectivity index (χ0v) is 10.4. The van der Waals surface area contributed by atoms with E-state index in [0.29, 0.717) is 0 Å². The molecule has 0 amide bonds. The summed E-state index contributed by atoms with van der Waals surface area (Å²) in [5.41, 5.74) is 2.24. The van der Waals surface area contributed by atoms with Gasteiger partial charge in [-0.25, -0.2) is 4.98 Å². The van der Waals surface area contributed by atoms with Gasteiger partial charge in [-0.05, 0) is 11.6 Å². The zero-order chi connectivity index (χ0) is 12.5. The van der Waals surface area contributed by atoms with Crippen molar-refractivity contribution in [3.05, 3.63) is 35.9 Å². The summed E-state index contributed by atoms with van der Waals surface area (Å²) >= 11 is 0. The van der Waals surface area contributed by atoms with E-state index in [1.165, 1.54) is 5.56 Å². The summed E-state index contributed by atoms with van der Waals surface area (Å²) in [6.07, 6.45) is 3.81. The highest BCUT2D eigenvalue weighted by Gasteiger charge is 2.16. The van der Waals surface area contributed by atoms with Gasteiger partial charge >= 0.3 is 0 Å². The van der Waals surface area contributed by atoms with Crippen LogP contribution in [-0.4, -0.2) is 23.8 Å². The molecule has 0 spiro atoms. The molecule has 1 N–H and O–H groups in total. The first-order valence-electron chi connectivity index (χ1n) is 5.80. The average molecular weight is 245 g/mol. The number of hydrogen-bond acceptors (Lipinski definition) is 4. The molecule has 1 aromatic heterocycles. The normalized spacial score (nSPS) is 13.0. The van der Waals surface area contributed by atoms with Gasteiger partial charge in [0.25, 0.3) is 0 Å². The van der Waals surface area contributed by atoms with Crippen LogP contribution >= 0.6 is 0 Å². The maximum atomic E-state index is 5.33. The van der Waals surface area contributed by atoms with E-state index in [4.69, 9.17) is 9.47 Å². The average Bonchev–Trinajstić information content (AvgIpc) is 2.77. The second-order valence-electron chi connectivity index (χ2n) is 4.19. The highest BCUT2D eigenvalue weighted by atomic mass is 16.5. The Kier molecular flexibility index (Phi) is 2.59. The highest BCUT2D eigenvalue weighted by Crippen LogP contribution is 2.35. The number of nitrogens with one attached hydrogen (secondary N) is 1. The molecule has 0 aliphatic carbocycles. The minimum absolute atomic E-state index is 0.718. The summed E-state index contributed by atoms with van der Waals surface area (Å²) < 4.78 is 12.8. The van der Waals surface area contributed by atoms with Crippen LogP contribution in [0.1, 0.15) is 11.4 Å². The minimum Gasteiger partial charge on any atom is -0.493 e. The van der Waals surface area contributed by atoms with Crippen LogP contribution < -0.4 is 14.8 Å². The van der Waals surface area contributed by atoms with Gasteiger partial charge in [0.1, 0.15) is 5.82 Å². The highest BCUT2D eigenvalue weighted by molar-refractivity contribution is 5.61. The first-order valence-corrected chi connectivity index (χ1v) is 5.80. The number of methoxy groups -OCH3 is 2. The quantitative estimate of drug-likeness (QED) is 0.877. The molecule has 1 aliphatic heterocycles. The van der Waals surface area contributed by atoms with Crippen molar-refractivity contribution in [1.29, 1.82) is 0 Å². The number of rotatable bonds is 2. The van der Waals surface area contributed by atoms with Gasteiger partial charge in [0.2, 0.25) is 0 Å². The maximum Gasteiger partial charge on any atom is 0.162 e. The van der Waals surface area contributed by atoms with Crippen LogP contribution in [0, 0.1) is 0 Å². The van der Waals surface area contributed by atoms with Crippen LogP contribution in [0.15, 0.2) is 24.5 Å². The first kappa shape index (κ1) is 11.0. The van der Waals surface area contributed by atoms with Crippen LogP contribution in [-0.2, 0) is 13.1 Å². The molecule has 0 unspecified atom stereocenters. The van der Waals surface area contributed by atoms with E-state index in [0.717, 1.165) is 36.1 Å². The van der Waals surface area contributed by atoms with E-state index >= 15 is 0 Å². The minimum atomic E-state index is 0.718. The topological polar surface area (TPSA) is 48.3 Å². The summed E-state index contributed by atoms with van der Waals surface area (Å²) in [5, 5.41) is 3.37. The molecule has 0 radical (unpaired) electrons. The predicted molar refractivity (Wildman–Crippen MR) is 68.2 cm³/mol. The van der Waals surface area contributed by atoms with E-state index < -0.39 is 0 Å². The van der Waals surface area contributed by atoms with Gasteiger partial charge in [0.05, 0.1) is 27.3 Å². The molecule has 1 aliphatic rings. The van der Waals surface area contributed by atoms with Crippen LogP contribution in [0.3, 0.4) is 0 Å². The van der Waals surface area contributed by atoms with Gasteiger partial charge in [-0.2, -0.15) is 0 Å². The second-order valence-corrected chi connectivity index (χ2v) is 4.19. The lowest BCUT2D eigenvalue weighted by atomic mass is 10.1. The Labute approximate surface area is 105 Å². The van der Waals surface area contributed by atoms with Crippen molar-refractivity contribution < 1.29 is 9.47 Å². The standard InChI is InChI=1S/C13H15N3O2/c1-17-11-5-9-8-16-4-3-14-13(16)7-15-10(9)6-12(11)18-2/h3-6,15H,7-8H2,1-2H3. The molecule has 0 atom stereocenters. The SMILES string of the molecule is COc1cc2c(cc1OC)NCc1nccn1C2. The molecular weight excluding hydrogens is 230 g/mol. The number of benzene rings is 1. The Hall–Kier alpha value is -2.17. The molecule has 0 saturated heterocycles. The fraction of sp³-hybridized carbons (Fsp3) is 0.308. The van der Waals surface area contributed by atoms with Crippen LogP contribution in [0.2, 0.25) is 0 Å². The number of aromatic nitrogens is 2. The van der Waals surface area contributed by atoms with Crippen LogP contribution in [0.25, 0.3) is 0 Å². The lowest BCUT2D eigenvalue weighted by molar-refractivity contribution is 0.354. The van der Waals surface area contributed by atoms with Crippen molar-refractivity contribution in [2.45, 2.75) is 13.1 Å². The fourth-order valence-electron chi connectivity index (χ4n) is 2.23. The van der Waals surface area contributed by atoms with Gasteiger partial charge in [0.15, 0.2) is 11.5 Å². The molecule has 5 nitrogen and oxygen atoms in total. The van der Waals surface area contributed by atoms with E-state index in [9.17, 15) is 0 Å². The van der Waals surface area contributed by atoms with Crippen molar-refractivity contribution in [2.24, 2.45) is 0 Å². The van der Waals surface area contributed by atoms with Crippen molar-refractivity contribution in [3.63, 3.8) is 0 Å². The van der Waals surface area contributed by atoms with E-state index in [2.05, 4.69) is 14.9 Å². The molecule has 94 valence electrons. The summed E-state index contributed by atoms with van der Waals surface area (Å²) in [4.78, 5) is 4.32. The molecule has 3 rings (SSSR count). The Morgan fingerprint density at radius 2 is 2.00 bits per heavy atom. The third-order valence-electron chi connectivity index (χ3n) is 3.19. The largest absolute Gasteiger partial charge is 0.493 e. The number of fused-ring (bicyclic) bond motifs is 2. The van der Waals surface area contributed by atoms with E-state index in [1.807, 2.05) is 24.5 Å². The van der Waals surface area contributed by atoms with Gasteiger partial charge in [-0.1, -0.05) is 0 Å². The number of nitrogens with zero attached hydrogens (tertiary/aromatic N) is 2. The monoisotopic (exact) mass is 245 g/mol. The third kappa shape index (κ3) is 1.68. The number of anilines is 1. The lowest BCUT2D eigenvalue weighted by Crippen LogP contribution is -2.02. The number of ether oxygens (including phenoxy) is 2. The van der Waals surface area contributed by atoms with Gasteiger partial charge in [-0.15, -0.1) is 0 Å². The molecule has 0 saturated carbocycles. The van der Waals surface area contributed by atoms with Gasteiger partial charge in [0, 0.05) is 24.1 Å². The Balaban J connectivity index is 2.07. The van der Waals surface area contributed by atoms with Crippen molar-refractivity contribution in [2.75, 3.05) is 19.5 Å². The molecule has 0 fully saturated rings. The van der Waals surface area contributed by atoms with Crippen molar-refractivity contribution >= 4 is 5.69 Å². The fourth-order valence-corrected chi connectivity index (χ4v) is 2.23. The molecule has 2 aromatic rings. The first-order chi connectivity index (χ1) is 8.81. The molecule has 2 heterocycles. The Morgan fingerprint density at radius 1 is 1.22 bits per heavy atom. The van der Waals surface area contributed by atoms with Gasteiger partial charge in [-0.3, -0.25) is 0 Å². The molecule has 0 bridgehead atoms.